The van der Waals surface area contributed by atoms with E-state index >= 15 is 0 Å². The molecule has 9 heteroatoms. The van der Waals surface area contributed by atoms with Crippen molar-refractivity contribution in [3.8, 4) is 0 Å². The maximum absolute atomic E-state index is 13.2. The van der Waals surface area contributed by atoms with Crippen LogP contribution in [0.15, 0.2) is 24.3 Å². The Morgan fingerprint density at radius 1 is 0.241 bits per heavy atom. The van der Waals surface area contributed by atoms with Gasteiger partial charge in [0.15, 0.2) is 12.2 Å². The minimum Gasteiger partial charge on any atom is -0.462 e. The van der Waals surface area contributed by atoms with Gasteiger partial charge >= 0.3 is 23.9 Å². The van der Waals surface area contributed by atoms with Crippen molar-refractivity contribution < 1.29 is 42.9 Å². The Bertz CT molecular complexity index is 1430. The van der Waals surface area contributed by atoms with Gasteiger partial charge in [-0.15, -0.1) is 0 Å². The minimum absolute atomic E-state index is 0.0402. The molecule has 0 N–H and O–H groups in total. The van der Waals surface area contributed by atoms with Crippen LogP contribution in [-0.2, 0) is 42.9 Å². The first-order valence-corrected chi connectivity index (χ1v) is 36.4. The van der Waals surface area contributed by atoms with E-state index in [1.165, 1.54) is 225 Å². The zero-order valence-corrected chi connectivity index (χ0v) is 55.6. The molecule has 0 amide bonds. The van der Waals surface area contributed by atoms with Gasteiger partial charge < -0.3 is 23.7 Å². The highest BCUT2D eigenvalue weighted by Crippen LogP contribution is 2.18. The molecule has 0 aliphatic rings. The summed E-state index contributed by atoms with van der Waals surface area (Å²) in [6.07, 6.45) is 71.7. The molecule has 0 aromatic rings. The van der Waals surface area contributed by atoms with E-state index in [2.05, 4.69) is 52.0 Å². The summed E-state index contributed by atoms with van der Waals surface area (Å²) in [6, 6.07) is 0. The number of carbonyl (C=O) groups is 4. The first-order chi connectivity index (χ1) is 40.9. The SMILES string of the molecule is CCCCCCCC/C=C\CCCCCCCC(=O)OCC(COCC(COC(=O)CCCCCCCCCCCCCCC)OC(=O)CCCCCCCCCCCCCCC)OC(=O)CCCCCCC/C=C\CCCCCCCC. The van der Waals surface area contributed by atoms with Crippen LogP contribution in [0, 0.1) is 0 Å². The van der Waals surface area contributed by atoms with Crippen LogP contribution in [0.2, 0.25) is 0 Å². The Hall–Kier alpha value is -2.68. The molecule has 0 rings (SSSR count). The third-order valence-corrected chi connectivity index (χ3v) is 16.3. The fourth-order valence-corrected chi connectivity index (χ4v) is 10.8. The molecular weight excluding hydrogens is 1030 g/mol. The Balaban J connectivity index is 5.24. The Labute approximate surface area is 514 Å². The van der Waals surface area contributed by atoms with Crippen molar-refractivity contribution in [2.24, 2.45) is 0 Å². The molecule has 0 heterocycles. The van der Waals surface area contributed by atoms with Gasteiger partial charge in [0, 0.05) is 25.7 Å². The molecule has 2 atom stereocenters. The molecule has 0 aromatic heterocycles. The molecule has 0 aliphatic heterocycles. The van der Waals surface area contributed by atoms with E-state index in [1.54, 1.807) is 0 Å². The van der Waals surface area contributed by atoms with Crippen LogP contribution >= 0.6 is 0 Å². The second-order valence-corrected chi connectivity index (χ2v) is 24.8. The predicted octanol–water partition coefficient (Wildman–Crippen LogP) is 23.0. The third-order valence-electron chi connectivity index (χ3n) is 16.3. The van der Waals surface area contributed by atoms with E-state index in [4.69, 9.17) is 23.7 Å². The number of esters is 4. The average molecular weight is 1170 g/mol. The first-order valence-electron chi connectivity index (χ1n) is 36.4. The van der Waals surface area contributed by atoms with Gasteiger partial charge in [-0.3, -0.25) is 19.2 Å². The summed E-state index contributed by atoms with van der Waals surface area (Å²) in [5.41, 5.74) is 0. The largest absolute Gasteiger partial charge is 0.462 e. The van der Waals surface area contributed by atoms with Crippen molar-refractivity contribution in [3.05, 3.63) is 24.3 Å². The van der Waals surface area contributed by atoms with Gasteiger partial charge in [-0.1, -0.05) is 309 Å². The van der Waals surface area contributed by atoms with Gasteiger partial charge in [0.25, 0.3) is 0 Å². The highest BCUT2D eigenvalue weighted by atomic mass is 16.6. The van der Waals surface area contributed by atoms with E-state index < -0.39 is 12.2 Å². The summed E-state index contributed by atoms with van der Waals surface area (Å²) < 4.78 is 29.3. The second kappa shape index (κ2) is 68.4. The lowest BCUT2D eigenvalue weighted by atomic mass is 10.0. The van der Waals surface area contributed by atoms with Crippen LogP contribution < -0.4 is 0 Å². The topological polar surface area (TPSA) is 114 Å². The van der Waals surface area contributed by atoms with Gasteiger partial charge in [0.05, 0.1) is 13.2 Å². The summed E-state index contributed by atoms with van der Waals surface area (Å²) in [4.78, 5) is 52.4. The number of carbonyl (C=O) groups excluding carboxylic acids is 4. The van der Waals surface area contributed by atoms with Crippen LogP contribution in [0.25, 0.3) is 0 Å². The van der Waals surface area contributed by atoms with Gasteiger partial charge in [-0.25, -0.2) is 0 Å². The number of rotatable bonds is 68. The van der Waals surface area contributed by atoms with E-state index in [0.29, 0.717) is 19.3 Å². The molecule has 0 radical (unpaired) electrons. The first kappa shape index (κ1) is 80.3. The standard InChI is InChI=1S/C74H138O9/c1-5-9-13-17-21-25-29-33-35-39-42-46-50-54-58-62-72(76)81-68-70(83-74(78)64-60-56-52-48-44-40-36-34-30-26-22-18-14-10-6-2)66-79-65-69(82-73(77)63-59-55-51-47-43-38-32-28-24-20-16-12-8-4)67-80-71(75)61-57-53-49-45-41-37-31-27-23-19-15-11-7-3/h33-36,69-70H,5-32,37-68H2,1-4H3/b35-33-,36-34-. The Kier molecular flexibility index (Phi) is 66.2. The van der Waals surface area contributed by atoms with Crippen molar-refractivity contribution in [1.82, 2.24) is 0 Å². The molecule has 83 heavy (non-hydrogen) atoms. The van der Waals surface area contributed by atoms with Crippen LogP contribution in [0.3, 0.4) is 0 Å². The Morgan fingerprint density at radius 2 is 0.434 bits per heavy atom. The maximum atomic E-state index is 13.2. The monoisotopic (exact) mass is 1170 g/mol. The summed E-state index contributed by atoms with van der Waals surface area (Å²) in [5, 5.41) is 0. The normalized spacial score (nSPS) is 12.4. The highest BCUT2D eigenvalue weighted by molar-refractivity contribution is 5.71. The summed E-state index contributed by atoms with van der Waals surface area (Å²) in [7, 11) is 0. The van der Waals surface area contributed by atoms with Gasteiger partial charge in [0.2, 0.25) is 0 Å². The average Bonchev–Trinajstić information content (AvgIpc) is 3.49. The van der Waals surface area contributed by atoms with E-state index in [-0.39, 0.29) is 56.7 Å². The number of allylic oxidation sites excluding steroid dienone is 4. The van der Waals surface area contributed by atoms with Gasteiger partial charge in [-0.2, -0.15) is 0 Å². The van der Waals surface area contributed by atoms with Crippen molar-refractivity contribution >= 4 is 23.9 Å². The lowest BCUT2D eigenvalue weighted by Gasteiger charge is -2.21. The fourth-order valence-electron chi connectivity index (χ4n) is 10.8. The molecule has 0 bridgehead atoms. The zero-order valence-electron chi connectivity index (χ0n) is 55.6. The number of hydrogen-bond acceptors (Lipinski definition) is 9. The number of ether oxygens (including phenoxy) is 5. The molecule has 0 saturated heterocycles. The van der Waals surface area contributed by atoms with Gasteiger partial charge in [0.1, 0.15) is 13.2 Å². The van der Waals surface area contributed by atoms with Gasteiger partial charge in [-0.05, 0) is 77.0 Å². The highest BCUT2D eigenvalue weighted by Gasteiger charge is 2.22. The number of hydrogen-bond donors (Lipinski definition) is 0. The molecule has 488 valence electrons. The van der Waals surface area contributed by atoms with E-state index in [0.717, 1.165) is 109 Å². The maximum Gasteiger partial charge on any atom is 0.306 e. The van der Waals surface area contributed by atoms with Crippen molar-refractivity contribution in [3.63, 3.8) is 0 Å². The molecule has 0 spiro atoms. The lowest BCUT2D eigenvalue weighted by molar-refractivity contribution is -0.169. The zero-order chi connectivity index (χ0) is 60.3. The summed E-state index contributed by atoms with van der Waals surface area (Å²) in [6.45, 7) is 8.75. The molecule has 0 saturated carbocycles. The smallest absolute Gasteiger partial charge is 0.306 e. The lowest BCUT2D eigenvalue weighted by Crippen LogP contribution is -2.34. The molecule has 0 fully saturated rings. The molecule has 2 unspecified atom stereocenters. The van der Waals surface area contributed by atoms with Crippen LogP contribution in [0.1, 0.15) is 387 Å². The summed E-state index contributed by atoms with van der Waals surface area (Å²) >= 11 is 0. The van der Waals surface area contributed by atoms with Crippen LogP contribution in [-0.4, -0.2) is 62.5 Å². The Morgan fingerprint density at radius 3 is 0.663 bits per heavy atom. The van der Waals surface area contributed by atoms with E-state index in [1.807, 2.05) is 0 Å². The quantitative estimate of drug-likeness (QED) is 0.0254. The van der Waals surface area contributed by atoms with Crippen molar-refractivity contribution in [1.29, 1.82) is 0 Å². The summed E-state index contributed by atoms with van der Waals surface area (Å²) in [5.74, 6) is -1.28. The third kappa shape index (κ3) is 65.1. The van der Waals surface area contributed by atoms with Crippen LogP contribution in [0.5, 0.6) is 0 Å². The molecule has 0 aromatic carbocycles. The van der Waals surface area contributed by atoms with Crippen molar-refractivity contribution in [2.45, 2.75) is 399 Å². The van der Waals surface area contributed by atoms with E-state index in [9.17, 15) is 19.2 Å². The van der Waals surface area contributed by atoms with Crippen LogP contribution in [0.4, 0.5) is 0 Å². The minimum atomic E-state index is -0.816. The second-order valence-electron chi connectivity index (χ2n) is 24.8. The molecular formula is C74H138O9. The van der Waals surface area contributed by atoms with Crippen molar-refractivity contribution in [2.75, 3.05) is 26.4 Å². The molecule has 9 nitrogen and oxygen atoms in total. The number of unbranched alkanes of at least 4 members (excludes halogenated alkanes) is 46. The predicted molar refractivity (Wildman–Crippen MR) is 352 cm³/mol. The molecule has 0 aliphatic carbocycles. The fraction of sp³-hybridized carbons (Fsp3) is 0.892.